The molecular formula is C41H51ClN2O10. The standard InChI is InChI=1S/C41H51ClN2O10/c1-41(2,3)54-40(46)44-27-36(53-28-29-12-17-35-33(26-29)43(19-24-51-35)18-8-21-47-4)37(38(48-5)39(44)52-25-20-45)30-13-15-31(16-14-30)49-22-9-23-50-34-11-7-6-10-32(34)42/h6-7,10-17,25-26,36-39H,8-9,18-19,21-24,27-28H2,1-5H3/t36-,37+,38-,39?/m0/s1. The number of ether oxygens (including phenoxy) is 8. The number of benzene rings is 3. The summed E-state index contributed by atoms with van der Waals surface area (Å²) in [7, 11) is 3.25. The lowest BCUT2D eigenvalue weighted by atomic mass is 9.83. The van der Waals surface area contributed by atoms with Gasteiger partial charge in [0.25, 0.3) is 0 Å². The molecule has 0 aromatic heterocycles. The molecule has 0 spiro atoms. The first kappa shape index (κ1) is 40.7. The molecule has 3 aromatic rings. The van der Waals surface area contributed by atoms with Crippen LogP contribution in [0.3, 0.4) is 0 Å². The van der Waals surface area contributed by atoms with Crippen LogP contribution in [-0.2, 0) is 35.1 Å². The van der Waals surface area contributed by atoms with E-state index in [2.05, 4.69) is 11.0 Å². The number of carbonyl (C=O) groups is 1. The number of hydrogen-bond acceptors (Lipinski definition) is 11. The molecule has 54 heavy (non-hydrogen) atoms. The maximum Gasteiger partial charge on any atom is 0.413 e. The number of hydrogen-bond donors (Lipinski definition) is 0. The largest absolute Gasteiger partial charge is 0.493 e. The lowest BCUT2D eigenvalue weighted by Gasteiger charge is -2.47. The summed E-state index contributed by atoms with van der Waals surface area (Å²) in [5, 5.41) is 0.565. The highest BCUT2D eigenvalue weighted by Gasteiger charge is 2.49. The number of halogens is 1. The Hall–Kier alpha value is -4.45. The zero-order valence-corrected chi connectivity index (χ0v) is 32.4. The van der Waals surface area contributed by atoms with Crippen LogP contribution < -0.4 is 19.1 Å². The Morgan fingerprint density at radius 2 is 1.78 bits per heavy atom. The minimum atomic E-state index is -1.01. The molecule has 2 aliphatic heterocycles. The van der Waals surface area contributed by atoms with E-state index in [1.54, 1.807) is 39.9 Å². The molecule has 12 nitrogen and oxygen atoms in total. The molecule has 4 atom stereocenters. The normalized spacial score (nSPS) is 19.6. The van der Waals surface area contributed by atoms with E-state index in [9.17, 15) is 9.59 Å². The van der Waals surface area contributed by atoms with E-state index in [4.69, 9.17) is 49.5 Å². The van der Waals surface area contributed by atoms with Crippen LogP contribution in [0.25, 0.3) is 0 Å². The predicted octanol–water partition coefficient (Wildman–Crippen LogP) is 7.05. The van der Waals surface area contributed by atoms with Gasteiger partial charge in [-0.25, -0.2) is 9.59 Å². The Balaban J connectivity index is 1.36. The second-order valence-electron chi connectivity index (χ2n) is 14.0. The van der Waals surface area contributed by atoms with E-state index < -0.39 is 36.0 Å². The van der Waals surface area contributed by atoms with Crippen molar-refractivity contribution in [1.29, 1.82) is 0 Å². The number of fused-ring (bicyclic) bond motifs is 1. The molecule has 0 radical (unpaired) electrons. The lowest BCUT2D eigenvalue weighted by molar-refractivity contribution is -0.171. The summed E-state index contributed by atoms with van der Waals surface area (Å²) < 4.78 is 47.4. The molecule has 1 unspecified atom stereocenters. The summed E-state index contributed by atoms with van der Waals surface area (Å²) >= 11 is 6.19. The van der Waals surface area contributed by atoms with E-state index in [1.165, 1.54) is 12.0 Å². The molecule has 0 aliphatic carbocycles. The minimum absolute atomic E-state index is 0.0949. The van der Waals surface area contributed by atoms with Crippen LogP contribution in [0.2, 0.25) is 5.02 Å². The van der Waals surface area contributed by atoms with Gasteiger partial charge in [0.15, 0.2) is 12.2 Å². The van der Waals surface area contributed by atoms with E-state index in [1.807, 2.05) is 54.6 Å². The third-order valence-electron chi connectivity index (χ3n) is 9.02. The summed E-state index contributed by atoms with van der Waals surface area (Å²) in [5.41, 5.74) is 2.03. The van der Waals surface area contributed by atoms with Gasteiger partial charge in [-0.15, -0.1) is 0 Å². The van der Waals surface area contributed by atoms with Gasteiger partial charge in [0.05, 0.1) is 49.7 Å². The van der Waals surface area contributed by atoms with Gasteiger partial charge in [0.1, 0.15) is 35.6 Å². The van der Waals surface area contributed by atoms with Gasteiger partial charge in [-0.1, -0.05) is 41.9 Å². The van der Waals surface area contributed by atoms with Crippen LogP contribution in [0.4, 0.5) is 10.5 Å². The number of anilines is 1. The van der Waals surface area contributed by atoms with Crippen molar-refractivity contribution < 1.29 is 47.5 Å². The van der Waals surface area contributed by atoms with Crippen LogP contribution in [0.15, 0.2) is 73.0 Å². The van der Waals surface area contributed by atoms with Crippen molar-refractivity contribution in [3.8, 4) is 17.2 Å². The Kier molecular flexibility index (Phi) is 14.9. The van der Waals surface area contributed by atoms with Crippen molar-refractivity contribution in [1.82, 2.24) is 4.90 Å². The minimum Gasteiger partial charge on any atom is -0.493 e. The summed E-state index contributed by atoms with van der Waals surface area (Å²) in [5.74, 6) is 3.37. The number of nitrogens with zero attached hydrogens (tertiary/aromatic N) is 2. The van der Waals surface area contributed by atoms with Crippen LogP contribution in [0.5, 0.6) is 17.2 Å². The number of methoxy groups -OCH3 is 2. The molecule has 1 fully saturated rings. The second-order valence-corrected chi connectivity index (χ2v) is 14.4. The monoisotopic (exact) mass is 766 g/mol. The molecule has 0 N–H and O–H groups in total. The SMILES string of the molecule is COCCCN1CCOc2ccc(CO[C@H]3CN(C(=O)OC(C)(C)C)C(OC=C=O)[C@@H](OC)[C@@H]3c3ccc(OCCCOc4ccccc4Cl)cc3)cc21. The van der Waals surface area contributed by atoms with Crippen molar-refractivity contribution in [2.45, 2.75) is 70.2 Å². The predicted molar refractivity (Wildman–Crippen MR) is 204 cm³/mol. The van der Waals surface area contributed by atoms with Crippen molar-refractivity contribution in [3.05, 3.63) is 89.1 Å². The highest BCUT2D eigenvalue weighted by atomic mass is 35.5. The fraction of sp³-hybridized carbons (Fsp3) is 0.488. The molecule has 1 amide bonds. The third-order valence-corrected chi connectivity index (χ3v) is 9.33. The average Bonchev–Trinajstić information content (AvgIpc) is 3.16. The van der Waals surface area contributed by atoms with Crippen LogP contribution >= 0.6 is 11.6 Å². The molecule has 1 saturated heterocycles. The molecule has 0 saturated carbocycles. The number of likely N-dealkylation sites (tertiary alicyclic amines) is 1. The van der Waals surface area contributed by atoms with Crippen molar-refractivity contribution >= 4 is 29.3 Å². The topological polar surface area (TPSA) is 114 Å². The van der Waals surface area contributed by atoms with Crippen LogP contribution in [0, 0.1) is 0 Å². The summed E-state index contributed by atoms with van der Waals surface area (Å²) in [4.78, 5) is 28.7. The molecule has 5 rings (SSSR count). The quantitative estimate of drug-likeness (QED) is 0.0801. The zero-order valence-electron chi connectivity index (χ0n) is 31.7. The maximum absolute atomic E-state index is 13.6. The van der Waals surface area contributed by atoms with Gasteiger partial charge in [-0.2, -0.15) is 0 Å². The fourth-order valence-corrected chi connectivity index (χ4v) is 6.76. The fourth-order valence-electron chi connectivity index (χ4n) is 6.57. The molecule has 2 heterocycles. The molecular weight excluding hydrogens is 716 g/mol. The number of piperidine rings is 1. The highest BCUT2D eigenvalue weighted by molar-refractivity contribution is 6.32. The molecule has 2 aliphatic rings. The van der Waals surface area contributed by atoms with E-state index in [-0.39, 0.29) is 13.2 Å². The van der Waals surface area contributed by atoms with Gasteiger partial charge < -0.3 is 42.8 Å². The van der Waals surface area contributed by atoms with E-state index >= 15 is 0 Å². The Bertz CT molecular complexity index is 1690. The first-order valence-corrected chi connectivity index (χ1v) is 18.6. The van der Waals surface area contributed by atoms with Gasteiger partial charge in [-0.05, 0) is 74.7 Å². The first-order valence-electron chi connectivity index (χ1n) is 18.2. The lowest BCUT2D eigenvalue weighted by Crippen LogP contribution is -2.61. The van der Waals surface area contributed by atoms with Gasteiger partial charge in [0.2, 0.25) is 6.23 Å². The highest BCUT2D eigenvalue weighted by Crippen LogP contribution is 2.39. The third kappa shape index (κ3) is 11.1. The Morgan fingerprint density at radius 1 is 1.00 bits per heavy atom. The maximum atomic E-state index is 13.6. The smallest absolute Gasteiger partial charge is 0.413 e. The zero-order chi connectivity index (χ0) is 38.5. The number of amides is 1. The molecule has 13 heteroatoms. The molecule has 0 bridgehead atoms. The molecule has 292 valence electrons. The van der Waals surface area contributed by atoms with Gasteiger partial charge in [-0.3, -0.25) is 4.90 Å². The second kappa shape index (κ2) is 19.8. The summed E-state index contributed by atoms with van der Waals surface area (Å²) in [6, 6.07) is 21.1. The van der Waals surface area contributed by atoms with Gasteiger partial charge >= 0.3 is 6.09 Å². The first-order chi connectivity index (χ1) is 26.1. The molecule has 3 aromatic carbocycles. The Morgan fingerprint density at radius 3 is 2.50 bits per heavy atom. The van der Waals surface area contributed by atoms with E-state index in [0.29, 0.717) is 49.4 Å². The van der Waals surface area contributed by atoms with Crippen molar-refractivity contribution in [3.63, 3.8) is 0 Å². The van der Waals surface area contributed by atoms with Gasteiger partial charge in [0, 0.05) is 39.7 Å². The summed E-state index contributed by atoms with van der Waals surface area (Å²) in [6.45, 7) is 9.49. The number of rotatable bonds is 17. The summed E-state index contributed by atoms with van der Waals surface area (Å²) in [6.07, 6.45) is -0.520. The van der Waals surface area contributed by atoms with E-state index in [0.717, 1.165) is 48.3 Å². The van der Waals surface area contributed by atoms with Crippen molar-refractivity contribution in [2.75, 3.05) is 65.2 Å². The Labute approximate surface area is 322 Å². The average molecular weight is 767 g/mol. The van der Waals surface area contributed by atoms with Crippen LogP contribution in [0.1, 0.15) is 50.7 Å². The number of para-hydroxylation sites is 1. The van der Waals surface area contributed by atoms with Crippen LogP contribution in [-0.4, -0.2) is 101 Å². The van der Waals surface area contributed by atoms with Crippen molar-refractivity contribution in [2.24, 2.45) is 0 Å². The number of carbonyl (C=O) groups excluding carboxylic acids is 2.